The molecule has 0 saturated carbocycles. The Labute approximate surface area is 236 Å². The summed E-state index contributed by atoms with van der Waals surface area (Å²) in [5.74, 6) is -1.71. The van der Waals surface area contributed by atoms with E-state index >= 15 is 0 Å². The number of amides is 2. The van der Waals surface area contributed by atoms with Crippen molar-refractivity contribution in [3.8, 4) is 0 Å². The molecule has 0 aliphatic carbocycles. The zero-order chi connectivity index (χ0) is 28.9. The predicted molar refractivity (Wildman–Crippen MR) is 151 cm³/mol. The first-order chi connectivity index (χ1) is 19.3. The molecule has 1 saturated heterocycles. The van der Waals surface area contributed by atoms with Crippen LogP contribution < -0.4 is 0 Å². The molecule has 9 heteroatoms. The third-order valence-corrected chi connectivity index (χ3v) is 7.59. The summed E-state index contributed by atoms with van der Waals surface area (Å²) in [6, 6.07) is 17.5. The van der Waals surface area contributed by atoms with Crippen molar-refractivity contribution in [3.05, 3.63) is 71.8 Å². The maximum atomic E-state index is 14.2. The van der Waals surface area contributed by atoms with Gasteiger partial charge in [0.25, 0.3) is 0 Å². The maximum Gasteiger partial charge on any atom is 0.320 e. The monoisotopic (exact) mass is 554 g/mol. The quantitative estimate of drug-likeness (QED) is 0.230. The van der Waals surface area contributed by atoms with Crippen molar-refractivity contribution < 1.29 is 34.8 Å². The van der Waals surface area contributed by atoms with Crippen molar-refractivity contribution in [1.29, 1.82) is 0 Å². The molecule has 0 radical (unpaired) electrons. The van der Waals surface area contributed by atoms with Gasteiger partial charge < -0.3 is 30.2 Å². The highest BCUT2D eigenvalue weighted by atomic mass is 16.4. The van der Waals surface area contributed by atoms with Crippen LogP contribution in [0.15, 0.2) is 60.7 Å². The van der Waals surface area contributed by atoms with Crippen LogP contribution in [-0.2, 0) is 22.4 Å². The van der Waals surface area contributed by atoms with Gasteiger partial charge in [0.1, 0.15) is 12.2 Å². The molecule has 4 N–H and O–H groups in total. The Bertz CT molecular complexity index is 982. The summed E-state index contributed by atoms with van der Waals surface area (Å²) in [6.07, 6.45) is 1.83. The molecule has 2 amide bonds. The van der Waals surface area contributed by atoms with Gasteiger partial charge in [-0.15, -0.1) is 0 Å². The Morgan fingerprint density at radius 3 is 1.32 bits per heavy atom. The first-order valence-electron chi connectivity index (χ1n) is 14.2. The highest BCUT2D eigenvalue weighted by molar-refractivity contribution is 5.76. The van der Waals surface area contributed by atoms with E-state index in [-0.39, 0.29) is 18.9 Å². The van der Waals surface area contributed by atoms with Gasteiger partial charge in [0.15, 0.2) is 0 Å². The molecule has 1 fully saturated rings. The summed E-state index contributed by atoms with van der Waals surface area (Å²) < 4.78 is 0. The topological polar surface area (TPSA) is 139 Å². The van der Waals surface area contributed by atoms with Crippen LogP contribution in [-0.4, -0.2) is 85.6 Å². The fourth-order valence-electron chi connectivity index (χ4n) is 5.44. The van der Waals surface area contributed by atoms with Gasteiger partial charge in [0, 0.05) is 25.9 Å². The molecule has 218 valence electrons. The number of benzene rings is 2. The molecule has 3 rings (SSSR count). The molecule has 1 heterocycles. The molecule has 1 aliphatic rings. The molecule has 9 nitrogen and oxygen atoms in total. The van der Waals surface area contributed by atoms with E-state index in [1.54, 1.807) is 9.80 Å². The smallest absolute Gasteiger partial charge is 0.320 e. The lowest BCUT2D eigenvalue weighted by Crippen LogP contribution is -2.51. The predicted octanol–water partition coefficient (Wildman–Crippen LogP) is 3.96. The Hall–Kier alpha value is -3.43. The average molecular weight is 555 g/mol. The van der Waals surface area contributed by atoms with E-state index in [2.05, 4.69) is 0 Å². The molecular formula is C31H42N2O7. The zero-order valence-electron chi connectivity index (χ0n) is 23.0. The van der Waals surface area contributed by atoms with Gasteiger partial charge in [-0.2, -0.15) is 0 Å². The molecule has 0 unspecified atom stereocenters. The zero-order valence-corrected chi connectivity index (χ0v) is 23.0. The number of aliphatic hydroxyl groups excluding tert-OH is 2. The summed E-state index contributed by atoms with van der Waals surface area (Å²) >= 11 is 0. The van der Waals surface area contributed by atoms with Crippen LogP contribution in [0.25, 0.3) is 0 Å². The van der Waals surface area contributed by atoms with Crippen molar-refractivity contribution in [1.82, 2.24) is 9.80 Å². The minimum absolute atomic E-state index is 0.0599. The normalized spacial score (nSPS) is 21.3. The second-order valence-corrected chi connectivity index (χ2v) is 10.6. The van der Waals surface area contributed by atoms with E-state index in [1.807, 2.05) is 60.7 Å². The minimum Gasteiger partial charge on any atom is -0.481 e. The van der Waals surface area contributed by atoms with Gasteiger partial charge in [-0.25, -0.2) is 4.79 Å². The molecule has 0 bridgehead atoms. The Morgan fingerprint density at radius 1 is 0.600 bits per heavy atom. The van der Waals surface area contributed by atoms with Gasteiger partial charge in [-0.05, 0) is 49.7 Å². The molecule has 1 aliphatic heterocycles. The van der Waals surface area contributed by atoms with Gasteiger partial charge in [0.2, 0.25) is 0 Å². The minimum atomic E-state index is -1.20. The number of carbonyl (C=O) groups is 3. The number of carboxylic acid groups (broad SMARTS) is 2. The molecule has 0 spiro atoms. The maximum absolute atomic E-state index is 14.2. The summed E-state index contributed by atoms with van der Waals surface area (Å²) in [5, 5.41) is 41.1. The number of unbranched alkanes of at least 4 members (excludes halogenated alkanes) is 4. The van der Waals surface area contributed by atoms with Gasteiger partial charge in [-0.1, -0.05) is 73.5 Å². The SMILES string of the molecule is O=C(O)CCCCCN1C(=O)N(CCCCCC(=O)O)[C@H](Cc2ccccc2)[C@H](O)[C@@H](O)[C@H]1Cc1ccccc1. The number of hydrogen-bond donors (Lipinski definition) is 4. The number of nitrogens with zero attached hydrogens (tertiary/aromatic N) is 2. The lowest BCUT2D eigenvalue weighted by Gasteiger charge is -2.35. The highest BCUT2D eigenvalue weighted by Crippen LogP contribution is 2.28. The van der Waals surface area contributed by atoms with E-state index in [1.165, 1.54) is 0 Å². The molecule has 4 atom stereocenters. The Morgan fingerprint density at radius 2 is 0.975 bits per heavy atom. The fourth-order valence-corrected chi connectivity index (χ4v) is 5.44. The second kappa shape index (κ2) is 16.0. The molecular weight excluding hydrogens is 512 g/mol. The summed E-state index contributed by atoms with van der Waals surface area (Å²) in [7, 11) is 0. The number of urea groups is 1. The summed E-state index contributed by atoms with van der Waals surface area (Å²) in [5.41, 5.74) is 1.87. The van der Waals surface area contributed by atoms with Gasteiger partial charge >= 0.3 is 18.0 Å². The molecule has 0 aromatic heterocycles. The number of hydrogen-bond acceptors (Lipinski definition) is 5. The van der Waals surface area contributed by atoms with Crippen LogP contribution in [0, 0.1) is 0 Å². The van der Waals surface area contributed by atoms with E-state index < -0.39 is 36.2 Å². The third-order valence-electron chi connectivity index (χ3n) is 7.59. The van der Waals surface area contributed by atoms with Gasteiger partial charge in [-0.3, -0.25) is 9.59 Å². The van der Waals surface area contributed by atoms with Crippen molar-refractivity contribution in [2.75, 3.05) is 13.1 Å². The van der Waals surface area contributed by atoms with Gasteiger partial charge in [0.05, 0.1) is 12.1 Å². The first kappa shape index (κ1) is 31.1. The number of carbonyl (C=O) groups excluding carboxylic acids is 1. The van der Waals surface area contributed by atoms with E-state index in [4.69, 9.17) is 10.2 Å². The van der Waals surface area contributed by atoms with Crippen LogP contribution in [0.5, 0.6) is 0 Å². The van der Waals surface area contributed by atoms with Crippen LogP contribution in [0.3, 0.4) is 0 Å². The lowest BCUT2D eigenvalue weighted by molar-refractivity contribution is -0.138. The van der Waals surface area contributed by atoms with Crippen molar-refractivity contribution in [2.24, 2.45) is 0 Å². The fraction of sp³-hybridized carbons (Fsp3) is 0.516. The van der Waals surface area contributed by atoms with Crippen molar-refractivity contribution in [3.63, 3.8) is 0 Å². The molecule has 2 aromatic carbocycles. The molecule has 40 heavy (non-hydrogen) atoms. The standard InChI is InChI=1S/C31H42N2O7/c34-27(35)17-9-3-11-19-32-25(21-23-13-5-1-6-14-23)29(38)30(39)26(22-24-15-7-2-8-16-24)33(31(32)40)20-12-4-10-18-28(36)37/h1-2,5-8,13-16,25-26,29-30,38-39H,3-4,9-12,17-22H2,(H,34,35)(H,36,37)/t25-,26-,29+,30+/m1/s1. The average Bonchev–Trinajstić information content (AvgIpc) is 3.00. The largest absolute Gasteiger partial charge is 0.481 e. The summed E-state index contributed by atoms with van der Waals surface area (Å²) in [6.45, 7) is 0.653. The number of aliphatic carboxylic acids is 2. The van der Waals surface area contributed by atoms with E-state index in [0.717, 1.165) is 11.1 Å². The van der Waals surface area contributed by atoms with E-state index in [0.29, 0.717) is 64.5 Å². The Balaban J connectivity index is 1.89. The van der Waals surface area contributed by atoms with Crippen LogP contribution in [0.4, 0.5) is 4.79 Å². The third kappa shape index (κ3) is 9.34. The van der Waals surface area contributed by atoms with Crippen molar-refractivity contribution >= 4 is 18.0 Å². The number of carboxylic acids is 2. The van der Waals surface area contributed by atoms with Crippen LogP contribution >= 0.6 is 0 Å². The van der Waals surface area contributed by atoms with Crippen LogP contribution in [0.2, 0.25) is 0 Å². The Kier molecular flexibility index (Phi) is 12.4. The molecule has 2 aromatic rings. The second-order valence-electron chi connectivity index (χ2n) is 10.6. The van der Waals surface area contributed by atoms with Crippen LogP contribution in [0.1, 0.15) is 62.5 Å². The lowest BCUT2D eigenvalue weighted by atomic mass is 9.91. The highest BCUT2D eigenvalue weighted by Gasteiger charge is 2.45. The number of aliphatic hydroxyl groups is 2. The number of rotatable bonds is 16. The van der Waals surface area contributed by atoms with Crippen molar-refractivity contribution in [2.45, 2.75) is 88.5 Å². The summed E-state index contributed by atoms with van der Waals surface area (Å²) in [4.78, 5) is 39.4. The van der Waals surface area contributed by atoms with E-state index in [9.17, 15) is 24.6 Å². The first-order valence-corrected chi connectivity index (χ1v) is 14.2.